The monoisotopic (exact) mass is 254 g/mol. The van der Waals surface area contributed by atoms with Crippen LogP contribution in [0.25, 0.3) is 0 Å². The van der Waals surface area contributed by atoms with Crippen LogP contribution < -0.4 is 5.32 Å². The normalized spacial score (nSPS) is 20.7. The van der Waals surface area contributed by atoms with Crippen LogP contribution in [0, 0.1) is 0 Å². The number of piperidine rings is 1. The van der Waals surface area contributed by atoms with E-state index in [1.54, 1.807) is 16.2 Å². The number of anilines is 1. The van der Waals surface area contributed by atoms with Crippen LogP contribution in [0.2, 0.25) is 0 Å². The van der Waals surface area contributed by atoms with Gasteiger partial charge in [-0.05, 0) is 12.8 Å². The standard InChI is InChI=1S/C11H18N4OS/c1-3-4-9-13-14-11(17-9)12-8-5-6-10(16)15(2)7-8/h8H,3-7H2,1-2H3,(H,12,14)/t8-/m0/s1. The maximum absolute atomic E-state index is 11.4. The van der Waals surface area contributed by atoms with Crippen molar-refractivity contribution in [3.05, 3.63) is 5.01 Å². The lowest BCUT2D eigenvalue weighted by Gasteiger charge is -2.29. The van der Waals surface area contributed by atoms with E-state index < -0.39 is 0 Å². The summed E-state index contributed by atoms with van der Waals surface area (Å²) in [4.78, 5) is 13.1. The van der Waals surface area contributed by atoms with Crippen LogP contribution in [-0.2, 0) is 11.2 Å². The number of aromatic nitrogens is 2. The van der Waals surface area contributed by atoms with Crippen LogP contribution in [-0.4, -0.2) is 40.6 Å². The first-order valence-corrected chi connectivity index (χ1v) is 6.83. The molecule has 1 aromatic rings. The molecule has 2 heterocycles. The number of likely N-dealkylation sites (tertiary alicyclic amines) is 1. The predicted octanol–water partition coefficient (Wildman–Crippen LogP) is 1.52. The number of hydrogen-bond donors (Lipinski definition) is 1. The fourth-order valence-corrected chi connectivity index (χ4v) is 2.85. The summed E-state index contributed by atoms with van der Waals surface area (Å²) in [6.07, 6.45) is 3.58. The molecule has 0 radical (unpaired) electrons. The lowest BCUT2D eigenvalue weighted by molar-refractivity contribution is -0.132. The Morgan fingerprint density at radius 1 is 1.53 bits per heavy atom. The molecule has 1 fully saturated rings. The Bertz CT molecular complexity index is 393. The summed E-state index contributed by atoms with van der Waals surface area (Å²) in [6, 6.07) is 0.306. The second-order valence-electron chi connectivity index (χ2n) is 4.41. The number of hydrogen-bond acceptors (Lipinski definition) is 5. The number of rotatable bonds is 4. The Morgan fingerprint density at radius 3 is 3.06 bits per heavy atom. The number of aryl methyl sites for hydroxylation is 1. The zero-order valence-electron chi connectivity index (χ0n) is 10.3. The van der Waals surface area contributed by atoms with Crippen molar-refractivity contribution in [3.8, 4) is 0 Å². The average Bonchev–Trinajstić information content (AvgIpc) is 2.72. The smallest absolute Gasteiger partial charge is 0.222 e. The van der Waals surface area contributed by atoms with E-state index in [1.807, 2.05) is 7.05 Å². The summed E-state index contributed by atoms with van der Waals surface area (Å²) >= 11 is 1.62. The summed E-state index contributed by atoms with van der Waals surface area (Å²) in [5.74, 6) is 0.229. The summed E-state index contributed by atoms with van der Waals surface area (Å²) in [7, 11) is 1.85. The molecule has 1 saturated heterocycles. The molecule has 0 aromatic carbocycles. The van der Waals surface area contributed by atoms with Crippen LogP contribution >= 0.6 is 11.3 Å². The maximum Gasteiger partial charge on any atom is 0.222 e. The molecule has 1 aliphatic heterocycles. The van der Waals surface area contributed by atoms with Gasteiger partial charge in [-0.1, -0.05) is 18.3 Å². The third kappa shape index (κ3) is 3.15. The largest absolute Gasteiger partial charge is 0.356 e. The minimum absolute atomic E-state index is 0.229. The van der Waals surface area contributed by atoms with E-state index in [1.165, 1.54) is 0 Å². The van der Waals surface area contributed by atoms with Crippen molar-refractivity contribution in [2.24, 2.45) is 0 Å². The van der Waals surface area contributed by atoms with Crippen molar-refractivity contribution in [2.45, 2.75) is 38.6 Å². The molecule has 1 amide bonds. The van der Waals surface area contributed by atoms with E-state index in [4.69, 9.17) is 0 Å². The highest BCUT2D eigenvalue weighted by Crippen LogP contribution is 2.20. The van der Waals surface area contributed by atoms with E-state index >= 15 is 0 Å². The number of likely N-dealkylation sites (N-methyl/N-ethyl adjacent to an activating group) is 1. The highest BCUT2D eigenvalue weighted by atomic mass is 32.1. The molecule has 5 nitrogen and oxygen atoms in total. The fraction of sp³-hybridized carbons (Fsp3) is 0.727. The molecule has 17 heavy (non-hydrogen) atoms. The van der Waals surface area contributed by atoms with Gasteiger partial charge in [0.2, 0.25) is 11.0 Å². The number of carbonyl (C=O) groups excluding carboxylic acids is 1. The van der Waals surface area contributed by atoms with Gasteiger partial charge in [0, 0.05) is 32.5 Å². The number of nitrogens with one attached hydrogen (secondary N) is 1. The van der Waals surface area contributed by atoms with E-state index in [2.05, 4.69) is 22.4 Å². The zero-order valence-corrected chi connectivity index (χ0v) is 11.1. The molecular formula is C11H18N4OS. The van der Waals surface area contributed by atoms with Gasteiger partial charge in [-0.2, -0.15) is 0 Å². The molecule has 2 rings (SSSR count). The molecule has 1 aromatic heterocycles. The van der Waals surface area contributed by atoms with Crippen LogP contribution in [0.4, 0.5) is 5.13 Å². The first kappa shape index (κ1) is 12.3. The molecular weight excluding hydrogens is 236 g/mol. The topological polar surface area (TPSA) is 58.1 Å². The first-order chi connectivity index (χ1) is 8.19. The Balaban J connectivity index is 1.89. The van der Waals surface area contributed by atoms with Gasteiger partial charge < -0.3 is 10.2 Å². The van der Waals surface area contributed by atoms with E-state index in [0.717, 1.165) is 35.9 Å². The summed E-state index contributed by atoms with van der Waals surface area (Å²) in [5.41, 5.74) is 0. The summed E-state index contributed by atoms with van der Waals surface area (Å²) in [5, 5.41) is 13.6. The number of amides is 1. The van der Waals surface area contributed by atoms with Gasteiger partial charge in [0.15, 0.2) is 0 Å². The highest BCUT2D eigenvalue weighted by Gasteiger charge is 2.23. The van der Waals surface area contributed by atoms with Crippen molar-refractivity contribution in [1.82, 2.24) is 15.1 Å². The lowest BCUT2D eigenvalue weighted by Crippen LogP contribution is -2.43. The van der Waals surface area contributed by atoms with E-state index in [-0.39, 0.29) is 5.91 Å². The minimum Gasteiger partial charge on any atom is -0.356 e. The minimum atomic E-state index is 0.229. The van der Waals surface area contributed by atoms with Crippen LogP contribution in [0.5, 0.6) is 0 Å². The van der Waals surface area contributed by atoms with Gasteiger partial charge in [-0.15, -0.1) is 10.2 Å². The fourth-order valence-electron chi connectivity index (χ4n) is 1.93. The molecule has 1 aliphatic rings. The van der Waals surface area contributed by atoms with E-state index in [9.17, 15) is 4.79 Å². The van der Waals surface area contributed by atoms with Crippen molar-refractivity contribution in [1.29, 1.82) is 0 Å². The SMILES string of the molecule is CCCc1nnc(N[C@H]2CCC(=O)N(C)C2)s1. The molecule has 0 saturated carbocycles. The highest BCUT2D eigenvalue weighted by molar-refractivity contribution is 7.15. The molecule has 0 aliphatic carbocycles. The molecule has 0 spiro atoms. The Labute approximate surface area is 105 Å². The van der Waals surface area contributed by atoms with Crippen molar-refractivity contribution < 1.29 is 4.79 Å². The van der Waals surface area contributed by atoms with Crippen LogP contribution in [0.15, 0.2) is 0 Å². The Kier molecular flexibility index (Phi) is 3.93. The Morgan fingerprint density at radius 2 is 2.35 bits per heavy atom. The molecule has 1 N–H and O–H groups in total. The molecule has 94 valence electrons. The molecule has 6 heteroatoms. The maximum atomic E-state index is 11.4. The van der Waals surface area contributed by atoms with E-state index in [0.29, 0.717) is 12.5 Å². The second kappa shape index (κ2) is 5.44. The zero-order chi connectivity index (χ0) is 12.3. The van der Waals surface area contributed by atoms with Gasteiger partial charge in [-0.25, -0.2) is 0 Å². The van der Waals surface area contributed by atoms with Gasteiger partial charge in [-0.3, -0.25) is 4.79 Å². The third-order valence-corrected chi connectivity index (χ3v) is 3.80. The Hall–Kier alpha value is -1.17. The lowest BCUT2D eigenvalue weighted by atomic mass is 10.1. The number of nitrogens with zero attached hydrogens (tertiary/aromatic N) is 3. The summed E-state index contributed by atoms with van der Waals surface area (Å²) in [6.45, 7) is 2.89. The molecule has 1 atom stereocenters. The summed E-state index contributed by atoms with van der Waals surface area (Å²) < 4.78 is 0. The van der Waals surface area contributed by atoms with Gasteiger partial charge in [0.1, 0.15) is 5.01 Å². The predicted molar refractivity (Wildman–Crippen MR) is 68.2 cm³/mol. The quantitative estimate of drug-likeness (QED) is 0.885. The van der Waals surface area contributed by atoms with Crippen LogP contribution in [0.1, 0.15) is 31.2 Å². The van der Waals surface area contributed by atoms with Crippen molar-refractivity contribution in [2.75, 3.05) is 18.9 Å². The molecule has 0 bridgehead atoms. The average molecular weight is 254 g/mol. The second-order valence-corrected chi connectivity index (χ2v) is 5.47. The van der Waals surface area contributed by atoms with Gasteiger partial charge >= 0.3 is 0 Å². The van der Waals surface area contributed by atoms with Crippen LogP contribution in [0.3, 0.4) is 0 Å². The number of carbonyl (C=O) groups is 1. The van der Waals surface area contributed by atoms with Crippen molar-refractivity contribution >= 4 is 22.4 Å². The molecule has 0 unspecified atom stereocenters. The third-order valence-electron chi connectivity index (χ3n) is 2.88. The van der Waals surface area contributed by atoms with Gasteiger partial charge in [0.05, 0.1) is 0 Å². The first-order valence-electron chi connectivity index (χ1n) is 6.02. The van der Waals surface area contributed by atoms with Crippen molar-refractivity contribution in [3.63, 3.8) is 0 Å². The van der Waals surface area contributed by atoms with Gasteiger partial charge in [0.25, 0.3) is 0 Å².